The molecule has 0 unspecified atom stereocenters. The first-order valence-electron chi connectivity index (χ1n) is 19.7. The second kappa shape index (κ2) is 12.7. The predicted octanol–water partition coefficient (Wildman–Crippen LogP) is 13.3. The SMILES string of the molecule is c1ccc(-c2cc(-c3ccc(-c4nc5ccccc5c5c6c(ccc45)C4(c5ccccc5Oc5ccccc54)c4ccccc4-6)cc3)nc(-c3ccccc3)n2)cc1. The van der Waals surface area contributed by atoms with E-state index in [2.05, 4.69) is 164 Å². The fraction of sp³-hybridized carbons (Fsp3) is 0.0185. The number of fused-ring (bicyclic) bond motifs is 13. The Morgan fingerprint density at radius 1 is 0.379 bits per heavy atom. The van der Waals surface area contributed by atoms with E-state index in [1.54, 1.807) is 0 Å². The number of rotatable bonds is 4. The second-order valence-corrected chi connectivity index (χ2v) is 15.0. The Bertz CT molecular complexity index is 3150. The van der Waals surface area contributed by atoms with E-state index in [9.17, 15) is 0 Å². The van der Waals surface area contributed by atoms with Gasteiger partial charge in [-0.3, -0.25) is 0 Å². The van der Waals surface area contributed by atoms with Gasteiger partial charge >= 0.3 is 0 Å². The first-order valence-corrected chi connectivity index (χ1v) is 19.7. The monoisotopic (exact) mass is 739 g/mol. The molecule has 58 heavy (non-hydrogen) atoms. The number of benzene rings is 8. The minimum atomic E-state index is -0.549. The standard InChI is InChI=1S/C54H33N3O/c1-3-15-34(16-4-1)46-33-47(57-53(56-46)37-17-5-2-6-18-37)35-27-29-36(30-28-35)52-40-31-32-44-51(50(40)39-20-8-12-24-45(39)55-52)38-19-7-9-21-41(38)54(44)42-22-10-13-25-48(42)58-49-26-14-11-23-43(49)54/h1-33H. The molecule has 1 aliphatic heterocycles. The van der Waals surface area contributed by atoms with Crippen molar-refractivity contribution in [2.24, 2.45) is 0 Å². The molecule has 2 aromatic heterocycles. The van der Waals surface area contributed by atoms with Crippen molar-refractivity contribution < 1.29 is 4.74 Å². The van der Waals surface area contributed by atoms with Crippen molar-refractivity contribution in [1.29, 1.82) is 0 Å². The minimum Gasteiger partial charge on any atom is -0.457 e. The summed E-state index contributed by atoms with van der Waals surface area (Å²) in [5, 5.41) is 3.47. The van der Waals surface area contributed by atoms with Crippen LogP contribution in [0.5, 0.6) is 11.5 Å². The van der Waals surface area contributed by atoms with Crippen molar-refractivity contribution >= 4 is 21.7 Å². The van der Waals surface area contributed by atoms with Gasteiger partial charge in [0.1, 0.15) is 11.5 Å². The number of pyridine rings is 1. The quantitative estimate of drug-likeness (QED) is 0.169. The Hall–Kier alpha value is -7.69. The molecular weight excluding hydrogens is 707 g/mol. The lowest BCUT2D eigenvalue weighted by molar-refractivity contribution is 0.436. The van der Waals surface area contributed by atoms with Crippen molar-refractivity contribution in [3.8, 4) is 67.8 Å². The zero-order chi connectivity index (χ0) is 38.2. The third-order valence-electron chi connectivity index (χ3n) is 12.0. The highest BCUT2D eigenvalue weighted by Gasteiger charge is 2.51. The van der Waals surface area contributed by atoms with Crippen LogP contribution in [0.4, 0.5) is 0 Å². The van der Waals surface area contributed by atoms with Crippen LogP contribution in [0, 0.1) is 0 Å². The van der Waals surface area contributed by atoms with Gasteiger partial charge in [0.15, 0.2) is 5.82 Å². The van der Waals surface area contributed by atoms with Crippen LogP contribution in [-0.4, -0.2) is 15.0 Å². The fourth-order valence-corrected chi connectivity index (χ4v) is 9.47. The molecule has 0 amide bonds. The van der Waals surface area contributed by atoms with Crippen LogP contribution in [0.2, 0.25) is 0 Å². The molecule has 0 fully saturated rings. The molecule has 3 heterocycles. The van der Waals surface area contributed by atoms with Gasteiger partial charge in [-0.2, -0.15) is 0 Å². The van der Waals surface area contributed by atoms with Crippen LogP contribution in [0.3, 0.4) is 0 Å². The largest absolute Gasteiger partial charge is 0.457 e. The zero-order valence-corrected chi connectivity index (χ0v) is 31.3. The molecule has 1 spiro atoms. The van der Waals surface area contributed by atoms with Gasteiger partial charge in [0, 0.05) is 49.5 Å². The van der Waals surface area contributed by atoms with E-state index in [-0.39, 0.29) is 0 Å². The molecule has 0 saturated heterocycles. The molecule has 0 bridgehead atoms. The normalized spacial score (nSPS) is 13.1. The van der Waals surface area contributed by atoms with Gasteiger partial charge in [0.05, 0.1) is 28.0 Å². The highest BCUT2D eigenvalue weighted by atomic mass is 16.5. The topological polar surface area (TPSA) is 47.9 Å². The first kappa shape index (κ1) is 32.5. The van der Waals surface area contributed by atoms with E-state index in [0.29, 0.717) is 5.82 Å². The Balaban J connectivity index is 1.07. The van der Waals surface area contributed by atoms with E-state index < -0.39 is 5.41 Å². The molecule has 2 aliphatic rings. The van der Waals surface area contributed by atoms with Gasteiger partial charge in [0.2, 0.25) is 0 Å². The molecule has 0 N–H and O–H groups in total. The molecule has 4 heteroatoms. The maximum atomic E-state index is 6.61. The van der Waals surface area contributed by atoms with Gasteiger partial charge in [-0.1, -0.05) is 176 Å². The van der Waals surface area contributed by atoms with Crippen LogP contribution in [0.25, 0.3) is 78.0 Å². The summed E-state index contributed by atoms with van der Waals surface area (Å²) in [6.07, 6.45) is 0. The van der Waals surface area contributed by atoms with Crippen LogP contribution < -0.4 is 4.74 Å². The van der Waals surface area contributed by atoms with Crippen molar-refractivity contribution in [2.75, 3.05) is 0 Å². The molecule has 0 atom stereocenters. The summed E-state index contributed by atoms with van der Waals surface area (Å²) in [5.41, 5.74) is 14.5. The molecule has 1 aliphatic carbocycles. The molecule has 12 rings (SSSR count). The average Bonchev–Trinajstić information content (AvgIpc) is 3.60. The number of hydrogen-bond acceptors (Lipinski definition) is 4. The lowest BCUT2D eigenvalue weighted by Gasteiger charge is -2.39. The van der Waals surface area contributed by atoms with Crippen molar-refractivity contribution in [1.82, 2.24) is 15.0 Å². The Morgan fingerprint density at radius 3 is 1.64 bits per heavy atom. The van der Waals surface area contributed by atoms with Crippen LogP contribution in [-0.2, 0) is 5.41 Å². The second-order valence-electron chi connectivity index (χ2n) is 15.0. The lowest BCUT2D eigenvalue weighted by atomic mass is 9.66. The number of nitrogens with zero attached hydrogens (tertiary/aromatic N) is 3. The zero-order valence-electron chi connectivity index (χ0n) is 31.3. The molecule has 10 aromatic rings. The summed E-state index contributed by atoms with van der Waals surface area (Å²) < 4.78 is 6.61. The third-order valence-corrected chi connectivity index (χ3v) is 12.0. The number of aromatic nitrogens is 3. The summed E-state index contributed by atoms with van der Waals surface area (Å²) in [4.78, 5) is 15.5. The van der Waals surface area contributed by atoms with Gasteiger partial charge < -0.3 is 4.74 Å². The fourth-order valence-electron chi connectivity index (χ4n) is 9.47. The highest BCUT2D eigenvalue weighted by Crippen LogP contribution is 2.63. The summed E-state index contributed by atoms with van der Waals surface area (Å²) in [7, 11) is 0. The Morgan fingerprint density at radius 2 is 0.931 bits per heavy atom. The van der Waals surface area contributed by atoms with Gasteiger partial charge in [0.25, 0.3) is 0 Å². The van der Waals surface area contributed by atoms with E-state index in [0.717, 1.165) is 78.3 Å². The van der Waals surface area contributed by atoms with Crippen LogP contribution in [0.1, 0.15) is 22.3 Å². The van der Waals surface area contributed by atoms with Crippen molar-refractivity contribution in [2.45, 2.75) is 5.41 Å². The molecule has 0 radical (unpaired) electrons. The van der Waals surface area contributed by atoms with Crippen molar-refractivity contribution in [3.63, 3.8) is 0 Å². The Kier molecular flexibility index (Phi) is 7.11. The molecule has 270 valence electrons. The number of hydrogen-bond donors (Lipinski definition) is 0. The third kappa shape index (κ3) is 4.72. The molecular formula is C54H33N3O. The first-order chi connectivity index (χ1) is 28.8. The summed E-state index contributed by atoms with van der Waals surface area (Å²) in [6, 6.07) is 70.5. The van der Waals surface area contributed by atoms with E-state index >= 15 is 0 Å². The maximum Gasteiger partial charge on any atom is 0.160 e. The molecule has 8 aromatic carbocycles. The van der Waals surface area contributed by atoms with Gasteiger partial charge in [-0.05, 0) is 46.5 Å². The van der Waals surface area contributed by atoms with Crippen LogP contribution in [0.15, 0.2) is 200 Å². The molecule has 0 saturated carbocycles. The summed E-state index contributed by atoms with van der Waals surface area (Å²) in [6.45, 7) is 0. The summed E-state index contributed by atoms with van der Waals surface area (Å²) >= 11 is 0. The average molecular weight is 740 g/mol. The predicted molar refractivity (Wildman–Crippen MR) is 234 cm³/mol. The van der Waals surface area contributed by atoms with Gasteiger partial charge in [-0.25, -0.2) is 15.0 Å². The Labute approximate surface area is 335 Å². The van der Waals surface area contributed by atoms with Crippen molar-refractivity contribution in [3.05, 3.63) is 222 Å². The van der Waals surface area contributed by atoms with Gasteiger partial charge in [-0.15, -0.1) is 0 Å². The summed E-state index contributed by atoms with van der Waals surface area (Å²) in [5.74, 6) is 2.48. The van der Waals surface area contributed by atoms with Crippen LogP contribution >= 0.6 is 0 Å². The van der Waals surface area contributed by atoms with E-state index in [1.807, 2.05) is 36.4 Å². The van der Waals surface area contributed by atoms with E-state index in [4.69, 9.17) is 19.7 Å². The lowest BCUT2D eigenvalue weighted by Crippen LogP contribution is -2.32. The number of para-hydroxylation sites is 3. The minimum absolute atomic E-state index is 0.549. The smallest absolute Gasteiger partial charge is 0.160 e. The highest BCUT2D eigenvalue weighted by molar-refractivity contribution is 6.19. The maximum absolute atomic E-state index is 6.61. The van der Waals surface area contributed by atoms with E-state index in [1.165, 1.54) is 27.6 Å². The number of ether oxygens (including phenoxy) is 1. The molecule has 4 nitrogen and oxygen atoms in total.